The predicted molar refractivity (Wildman–Crippen MR) is 126 cm³/mol. The van der Waals surface area contributed by atoms with Gasteiger partial charge in [0.25, 0.3) is 0 Å². The highest BCUT2D eigenvalue weighted by atomic mass is 16.9. The number of benzene rings is 2. The van der Waals surface area contributed by atoms with E-state index in [4.69, 9.17) is 19.1 Å². The average Bonchev–Trinajstić information content (AvgIpc) is 3.48. The molecule has 2 N–H and O–H groups in total. The van der Waals surface area contributed by atoms with E-state index in [1.165, 1.54) is 22.1 Å². The number of hydrogen-bond acceptors (Lipinski definition) is 6. The fraction of sp³-hybridized carbons (Fsp3) is 0.462. The first-order valence-corrected chi connectivity index (χ1v) is 12.0. The second kappa shape index (κ2) is 8.89. The summed E-state index contributed by atoms with van der Waals surface area (Å²) in [7, 11) is 1.72. The summed E-state index contributed by atoms with van der Waals surface area (Å²) in [5.41, 5.74) is 7.78. The standard InChI is InChI=1S/C26H31N3O4/c1-30-20-3-4-23-21(13-20)19(15-27-23)2-5-24-22-14-26-25(32-28-33-26)12-18(22)6-9-29(24)16-17-7-10-31-11-8-17/h3-4,12-15,17,24,27-28H,2,5-11,16H2,1H3. The molecule has 4 heterocycles. The fourth-order valence-corrected chi connectivity index (χ4v) is 5.63. The number of methoxy groups -OCH3 is 1. The van der Waals surface area contributed by atoms with Crippen LogP contribution in [0.3, 0.4) is 0 Å². The Bertz CT molecular complexity index is 1140. The molecule has 1 atom stereocenters. The van der Waals surface area contributed by atoms with Gasteiger partial charge in [-0.2, -0.15) is 0 Å². The van der Waals surface area contributed by atoms with Crippen molar-refractivity contribution in [1.82, 2.24) is 15.5 Å². The highest BCUT2D eigenvalue weighted by Crippen LogP contribution is 2.42. The summed E-state index contributed by atoms with van der Waals surface area (Å²) >= 11 is 0. The minimum Gasteiger partial charge on any atom is -0.497 e. The van der Waals surface area contributed by atoms with Crippen molar-refractivity contribution in [3.8, 4) is 17.2 Å². The molecule has 0 spiro atoms. The van der Waals surface area contributed by atoms with Gasteiger partial charge in [0.05, 0.1) is 7.11 Å². The average molecular weight is 450 g/mol. The molecule has 1 saturated heterocycles. The second-order valence-electron chi connectivity index (χ2n) is 9.37. The monoisotopic (exact) mass is 449 g/mol. The maximum Gasteiger partial charge on any atom is 0.196 e. The molecule has 2 aromatic carbocycles. The summed E-state index contributed by atoms with van der Waals surface area (Å²) in [4.78, 5) is 17.1. The predicted octanol–water partition coefficient (Wildman–Crippen LogP) is 4.33. The normalized spacial score (nSPS) is 20.8. The van der Waals surface area contributed by atoms with E-state index in [1.54, 1.807) is 7.11 Å². The third-order valence-electron chi connectivity index (χ3n) is 7.47. The molecule has 0 amide bonds. The van der Waals surface area contributed by atoms with E-state index in [2.05, 4.69) is 46.0 Å². The smallest absolute Gasteiger partial charge is 0.196 e. The Morgan fingerprint density at radius 2 is 1.94 bits per heavy atom. The van der Waals surface area contributed by atoms with Crippen LogP contribution in [0.4, 0.5) is 0 Å². The first-order valence-electron chi connectivity index (χ1n) is 12.0. The third kappa shape index (κ3) is 4.05. The lowest BCUT2D eigenvalue weighted by Crippen LogP contribution is -2.40. The lowest BCUT2D eigenvalue weighted by Gasteiger charge is -2.40. The molecule has 3 aromatic rings. The largest absolute Gasteiger partial charge is 0.497 e. The molecule has 0 bridgehead atoms. The minimum absolute atomic E-state index is 0.349. The molecule has 0 aliphatic carbocycles. The van der Waals surface area contributed by atoms with Gasteiger partial charge in [-0.05, 0) is 85.0 Å². The summed E-state index contributed by atoms with van der Waals surface area (Å²) in [6.07, 6.45) is 7.55. The molecule has 33 heavy (non-hydrogen) atoms. The van der Waals surface area contributed by atoms with Gasteiger partial charge in [0, 0.05) is 55.1 Å². The van der Waals surface area contributed by atoms with Gasteiger partial charge in [0.1, 0.15) is 5.75 Å². The van der Waals surface area contributed by atoms with Crippen molar-refractivity contribution >= 4 is 10.9 Å². The van der Waals surface area contributed by atoms with Crippen molar-refractivity contribution in [2.24, 2.45) is 5.92 Å². The van der Waals surface area contributed by atoms with Gasteiger partial charge >= 0.3 is 0 Å². The molecule has 1 aromatic heterocycles. The van der Waals surface area contributed by atoms with Gasteiger partial charge < -0.3 is 24.1 Å². The molecule has 3 aliphatic rings. The summed E-state index contributed by atoms with van der Waals surface area (Å²) in [5.74, 6) is 3.17. The zero-order chi connectivity index (χ0) is 22.2. The van der Waals surface area contributed by atoms with E-state index < -0.39 is 0 Å². The Kier molecular flexibility index (Phi) is 5.62. The molecule has 6 rings (SSSR count). The summed E-state index contributed by atoms with van der Waals surface area (Å²) < 4.78 is 11.1. The number of nitrogens with one attached hydrogen (secondary N) is 2. The Labute approximate surface area is 193 Å². The number of fused-ring (bicyclic) bond motifs is 3. The number of ether oxygens (including phenoxy) is 2. The van der Waals surface area contributed by atoms with Crippen molar-refractivity contribution in [2.75, 3.05) is 33.4 Å². The summed E-state index contributed by atoms with van der Waals surface area (Å²) in [6.45, 7) is 3.98. The van der Waals surface area contributed by atoms with Crippen LogP contribution >= 0.6 is 0 Å². The summed E-state index contributed by atoms with van der Waals surface area (Å²) in [5, 5.41) is 1.25. The molecular formula is C26H31N3O4. The molecule has 1 fully saturated rings. The van der Waals surface area contributed by atoms with E-state index in [1.807, 2.05) is 6.07 Å². The zero-order valence-electron chi connectivity index (χ0n) is 19.1. The van der Waals surface area contributed by atoms with Gasteiger partial charge in [-0.3, -0.25) is 4.90 Å². The number of aromatic amines is 1. The maximum atomic E-state index is 5.61. The molecular weight excluding hydrogens is 418 g/mol. The zero-order valence-corrected chi connectivity index (χ0v) is 19.1. The van der Waals surface area contributed by atoms with Crippen LogP contribution in [0, 0.1) is 5.92 Å². The number of rotatable bonds is 6. The van der Waals surface area contributed by atoms with Crippen LogP contribution in [0.5, 0.6) is 17.2 Å². The van der Waals surface area contributed by atoms with Crippen LogP contribution in [-0.4, -0.2) is 43.3 Å². The van der Waals surface area contributed by atoms with Crippen molar-refractivity contribution in [2.45, 2.75) is 38.1 Å². The van der Waals surface area contributed by atoms with Crippen LogP contribution in [0.15, 0.2) is 36.5 Å². The third-order valence-corrected chi connectivity index (χ3v) is 7.47. The van der Waals surface area contributed by atoms with Crippen LogP contribution < -0.4 is 20.1 Å². The van der Waals surface area contributed by atoms with E-state index in [0.29, 0.717) is 12.0 Å². The van der Waals surface area contributed by atoms with Crippen molar-refractivity contribution in [1.29, 1.82) is 0 Å². The van der Waals surface area contributed by atoms with Crippen LogP contribution in [0.25, 0.3) is 10.9 Å². The Balaban J connectivity index is 1.29. The van der Waals surface area contributed by atoms with Gasteiger partial charge in [-0.25, -0.2) is 0 Å². The van der Waals surface area contributed by atoms with Gasteiger partial charge in [0.15, 0.2) is 11.5 Å². The van der Waals surface area contributed by atoms with Crippen molar-refractivity contribution in [3.05, 3.63) is 53.2 Å². The van der Waals surface area contributed by atoms with Gasteiger partial charge in [-0.1, -0.05) is 0 Å². The molecule has 0 radical (unpaired) electrons. The molecule has 7 heteroatoms. The lowest BCUT2D eigenvalue weighted by atomic mass is 9.87. The minimum atomic E-state index is 0.349. The lowest BCUT2D eigenvalue weighted by molar-refractivity contribution is 0.0259. The van der Waals surface area contributed by atoms with Crippen molar-refractivity contribution < 1.29 is 19.1 Å². The number of nitrogens with zero attached hydrogens (tertiary/aromatic N) is 1. The Morgan fingerprint density at radius 3 is 2.79 bits per heavy atom. The first-order chi connectivity index (χ1) is 16.3. The number of aromatic nitrogens is 1. The molecule has 1 unspecified atom stereocenters. The van der Waals surface area contributed by atoms with Crippen molar-refractivity contribution in [3.63, 3.8) is 0 Å². The highest BCUT2D eigenvalue weighted by Gasteiger charge is 2.32. The summed E-state index contributed by atoms with van der Waals surface area (Å²) in [6, 6.07) is 10.9. The van der Waals surface area contributed by atoms with E-state index >= 15 is 0 Å². The molecule has 7 nitrogen and oxygen atoms in total. The maximum absolute atomic E-state index is 5.61. The first kappa shape index (κ1) is 20.8. The van der Waals surface area contributed by atoms with E-state index in [9.17, 15) is 0 Å². The van der Waals surface area contributed by atoms with E-state index in [-0.39, 0.29) is 0 Å². The van der Waals surface area contributed by atoms with Crippen LogP contribution in [0.1, 0.15) is 42.0 Å². The SMILES string of the molecule is COc1ccc2[nH]cc(CCC3c4cc5c(cc4CCN3CC3CCOCC3)ONO5)c2c1. The Morgan fingerprint density at radius 1 is 1.09 bits per heavy atom. The number of hydrogen-bond donors (Lipinski definition) is 2. The van der Waals surface area contributed by atoms with Gasteiger partial charge in [-0.15, -0.1) is 0 Å². The number of H-pyrrole nitrogens is 1. The van der Waals surface area contributed by atoms with E-state index in [0.717, 1.165) is 81.2 Å². The molecule has 3 aliphatic heterocycles. The molecule has 174 valence electrons. The second-order valence-corrected chi connectivity index (χ2v) is 9.37. The van der Waals surface area contributed by atoms with Crippen LogP contribution in [-0.2, 0) is 17.6 Å². The fourth-order valence-electron chi connectivity index (χ4n) is 5.63. The molecule has 0 saturated carbocycles. The quantitative estimate of drug-likeness (QED) is 0.584. The Hall–Kier alpha value is -2.74. The number of aryl methyl sites for hydroxylation is 1. The van der Waals surface area contributed by atoms with Crippen LogP contribution in [0.2, 0.25) is 0 Å². The highest BCUT2D eigenvalue weighted by molar-refractivity contribution is 5.84. The topological polar surface area (TPSA) is 68.0 Å². The van der Waals surface area contributed by atoms with Gasteiger partial charge in [0.2, 0.25) is 0 Å².